The standard InChI is InChI=1S/C10H19NO2.ClH/c1-5-9(12)13-8(4)10(11,6-2)7-3;/h5,8H,1,6-7,11H2,2-4H3;1H. The van der Waals surface area contributed by atoms with Crippen LogP contribution in [0.5, 0.6) is 0 Å². The molecule has 0 aromatic rings. The van der Waals surface area contributed by atoms with Crippen LogP contribution in [0.25, 0.3) is 0 Å². The van der Waals surface area contributed by atoms with Crippen LogP contribution in [-0.4, -0.2) is 17.6 Å². The molecule has 0 bridgehead atoms. The van der Waals surface area contributed by atoms with Gasteiger partial charge in [0, 0.05) is 6.08 Å². The van der Waals surface area contributed by atoms with E-state index < -0.39 is 11.5 Å². The Kier molecular flexibility index (Phi) is 7.78. The Hall–Kier alpha value is -0.540. The molecule has 0 aromatic carbocycles. The Labute approximate surface area is 92.1 Å². The van der Waals surface area contributed by atoms with Gasteiger partial charge in [-0.25, -0.2) is 4.79 Å². The summed E-state index contributed by atoms with van der Waals surface area (Å²) in [4.78, 5) is 10.9. The summed E-state index contributed by atoms with van der Waals surface area (Å²) in [5, 5.41) is 0. The minimum atomic E-state index is -0.418. The highest BCUT2D eigenvalue weighted by molar-refractivity contribution is 5.85. The van der Waals surface area contributed by atoms with Gasteiger partial charge in [-0.15, -0.1) is 12.4 Å². The van der Waals surface area contributed by atoms with Crippen LogP contribution in [0.15, 0.2) is 12.7 Å². The van der Waals surface area contributed by atoms with Crippen molar-refractivity contribution in [1.82, 2.24) is 0 Å². The number of carbonyl (C=O) groups excluding carboxylic acids is 1. The van der Waals surface area contributed by atoms with Crippen molar-refractivity contribution in [1.29, 1.82) is 0 Å². The van der Waals surface area contributed by atoms with E-state index in [0.717, 1.165) is 18.9 Å². The zero-order chi connectivity index (χ0) is 10.5. The third kappa shape index (κ3) is 4.11. The van der Waals surface area contributed by atoms with Crippen molar-refractivity contribution in [3.63, 3.8) is 0 Å². The number of hydrogen-bond acceptors (Lipinski definition) is 3. The molecule has 4 heteroatoms. The molecule has 0 saturated heterocycles. The number of hydrogen-bond donors (Lipinski definition) is 1. The molecule has 0 amide bonds. The summed E-state index contributed by atoms with van der Waals surface area (Å²) in [5.41, 5.74) is 5.61. The monoisotopic (exact) mass is 221 g/mol. The lowest BCUT2D eigenvalue weighted by molar-refractivity contribution is -0.145. The Morgan fingerprint density at radius 3 is 2.29 bits per heavy atom. The lowest BCUT2D eigenvalue weighted by Gasteiger charge is -2.32. The molecule has 3 nitrogen and oxygen atoms in total. The van der Waals surface area contributed by atoms with Crippen LogP contribution in [0.3, 0.4) is 0 Å². The van der Waals surface area contributed by atoms with Crippen molar-refractivity contribution in [2.45, 2.75) is 45.3 Å². The zero-order valence-electron chi connectivity index (χ0n) is 9.08. The highest BCUT2D eigenvalue weighted by atomic mass is 35.5. The first-order chi connectivity index (χ1) is 6.00. The SMILES string of the molecule is C=CC(=O)OC(C)C(N)(CC)CC.Cl. The van der Waals surface area contributed by atoms with E-state index >= 15 is 0 Å². The summed E-state index contributed by atoms with van der Waals surface area (Å²) >= 11 is 0. The van der Waals surface area contributed by atoms with Crippen molar-refractivity contribution in [3.05, 3.63) is 12.7 Å². The Balaban J connectivity index is 0. The van der Waals surface area contributed by atoms with Crippen molar-refractivity contribution < 1.29 is 9.53 Å². The molecule has 0 fully saturated rings. The van der Waals surface area contributed by atoms with E-state index in [2.05, 4.69) is 6.58 Å². The third-order valence-corrected chi connectivity index (χ3v) is 2.59. The minimum absolute atomic E-state index is 0. The average Bonchev–Trinajstić information content (AvgIpc) is 2.16. The van der Waals surface area contributed by atoms with Gasteiger partial charge in [0.05, 0.1) is 5.54 Å². The van der Waals surface area contributed by atoms with E-state index in [4.69, 9.17) is 10.5 Å². The first-order valence-electron chi connectivity index (χ1n) is 4.62. The molecule has 14 heavy (non-hydrogen) atoms. The van der Waals surface area contributed by atoms with E-state index in [1.807, 2.05) is 20.8 Å². The van der Waals surface area contributed by atoms with Crippen LogP contribution >= 0.6 is 12.4 Å². The topological polar surface area (TPSA) is 52.3 Å². The summed E-state index contributed by atoms with van der Waals surface area (Å²) in [7, 11) is 0. The minimum Gasteiger partial charge on any atom is -0.458 e. The largest absolute Gasteiger partial charge is 0.458 e. The number of esters is 1. The second-order valence-electron chi connectivity index (χ2n) is 3.22. The second kappa shape index (κ2) is 6.85. The van der Waals surface area contributed by atoms with Crippen molar-refractivity contribution >= 4 is 18.4 Å². The smallest absolute Gasteiger partial charge is 0.330 e. The summed E-state index contributed by atoms with van der Waals surface area (Å²) in [6.45, 7) is 9.12. The fraction of sp³-hybridized carbons (Fsp3) is 0.700. The summed E-state index contributed by atoms with van der Waals surface area (Å²) in [5.74, 6) is -0.413. The van der Waals surface area contributed by atoms with Gasteiger partial charge in [0.2, 0.25) is 0 Å². The molecule has 84 valence electrons. The maximum Gasteiger partial charge on any atom is 0.330 e. The third-order valence-electron chi connectivity index (χ3n) is 2.59. The van der Waals surface area contributed by atoms with Gasteiger partial charge in [-0.3, -0.25) is 0 Å². The van der Waals surface area contributed by atoms with Gasteiger partial charge >= 0.3 is 5.97 Å². The fourth-order valence-corrected chi connectivity index (χ4v) is 1.16. The zero-order valence-corrected chi connectivity index (χ0v) is 9.89. The molecule has 2 N–H and O–H groups in total. The molecule has 0 heterocycles. The summed E-state index contributed by atoms with van der Waals surface area (Å²) in [6.07, 6.45) is 2.46. The van der Waals surface area contributed by atoms with Crippen molar-refractivity contribution in [3.8, 4) is 0 Å². The van der Waals surface area contributed by atoms with Gasteiger partial charge in [-0.05, 0) is 19.8 Å². The van der Waals surface area contributed by atoms with Gasteiger partial charge in [0.25, 0.3) is 0 Å². The van der Waals surface area contributed by atoms with Gasteiger partial charge in [-0.2, -0.15) is 0 Å². The summed E-state index contributed by atoms with van der Waals surface area (Å²) in [6, 6.07) is 0. The van der Waals surface area contributed by atoms with Gasteiger partial charge in [0.15, 0.2) is 0 Å². The lowest BCUT2D eigenvalue weighted by Crippen LogP contribution is -2.50. The summed E-state index contributed by atoms with van der Waals surface area (Å²) < 4.78 is 5.06. The maximum absolute atomic E-state index is 10.9. The van der Waals surface area contributed by atoms with Crippen molar-refractivity contribution in [2.75, 3.05) is 0 Å². The molecule has 0 rings (SSSR count). The molecule has 0 spiro atoms. The van der Waals surface area contributed by atoms with Crippen molar-refractivity contribution in [2.24, 2.45) is 5.73 Å². The molecule has 0 aliphatic rings. The number of carbonyl (C=O) groups is 1. The lowest BCUT2D eigenvalue weighted by atomic mass is 9.88. The van der Waals surface area contributed by atoms with Crippen LogP contribution in [0.2, 0.25) is 0 Å². The van der Waals surface area contributed by atoms with Gasteiger partial charge in [-0.1, -0.05) is 20.4 Å². The molecular weight excluding hydrogens is 202 g/mol. The normalized spacial score (nSPS) is 12.6. The predicted octanol–water partition coefficient (Wildman–Crippen LogP) is 2.04. The molecule has 0 saturated carbocycles. The van der Waals surface area contributed by atoms with Gasteiger partial charge < -0.3 is 10.5 Å². The molecule has 0 aliphatic heterocycles. The first kappa shape index (κ1) is 15.9. The number of ether oxygens (including phenoxy) is 1. The molecule has 0 aliphatic carbocycles. The van der Waals surface area contributed by atoms with Crippen LogP contribution in [0.4, 0.5) is 0 Å². The Bertz CT molecular complexity index is 191. The molecular formula is C10H20ClNO2. The highest BCUT2D eigenvalue weighted by Gasteiger charge is 2.30. The van der Waals surface area contributed by atoms with Crippen LogP contribution < -0.4 is 5.73 Å². The average molecular weight is 222 g/mol. The first-order valence-corrected chi connectivity index (χ1v) is 4.62. The molecule has 1 atom stereocenters. The fourth-order valence-electron chi connectivity index (χ4n) is 1.16. The van der Waals surface area contributed by atoms with Crippen LogP contribution in [0, 0.1) is 0 Å². The van der Waals surface area contributed by atoms with Crippen LogP contribution in [0.1, 0.15) is 33.6 Å². The predicted molar refractivity (Wildman–Crippen MR) is 60.5 cm³/mol. The van der Waals surface area contributed by atoms with Gasteiger partial charge in [0.1, 0.15) is 6.10 Å². The van der Waals surface area contributed by atoms with E-state index in [-0.39, 0.29) is 18.5 Å². The maximum atomic E-state index is 10.9. The second-order valence-corrected chi connectivity index (χ2v) is 3.22. The van der Waals surface area contributed by atoms with E-state index in [1.165, 1.54) is 0 Å². The Morgan fingerprint density at radius 1 is 1.57 bits per heavy atom. The van der Waals surface area contributed by atoms with E-state index in [1.54, 1.807) is 0 Å². The van der Waals surface area contributed by atoms with E-state index in [9.17, 15) is 4.79 Å². The molecule has 1 unspecified atom stereocenters. The Morgan fingerprint density at radius 2 is 2.00 bits per heavy atom. The quantitative estimate of drug-likeness (QED) is 0.571. The highest BCUT2D eigenvalue weighted by Crippen LogP contribution is 2.19. The molecule has 0 aromatic heterocycles. The van der Waals surface area contributed by atoms with E-state index in [0.29, 0.717) is 0 Å². The number of nitrogens with two attached hydrogens (primary N) is 1. The van der Waals surface area contributed by atoms with Crippen LogP contribution in [-0.2, 0) is 9.53 Å². The number of halogens is 1. The molecule has 0 radical (unpaired) electrons. The number of rotatable bonds is 5.